The summed E-state index contributed by atoms with van der Waals surface area (Å²) in [6.07, 6.45) is 4.71. The monoisotopic (exact) mass is 253 g/mol. The molecule has 2 aromatic rings. The lowest BCUT2D eigenvalue weighted by Crippen LogP contribution is -2.26. The zero-order valence-corrected chi connectivity index (χ0v) is 11.3. The Morgan fingerprint density at radius 2 is 1.89 bits per heavy atom. The van der Waals surface area contributed by atoms with Crippen LogP contribution in [-0.2, 0) is 25.8 Å². The fourth-order valence-corrected chi connectivity index (χ4v) is 2.57. The van der Waals surface area contributed by atoms with Crippen molar-refractivity contribution in [2.45, 2.75) is 32.7 Å². The fourth-order valence-electron chi connectivity index (χ4n) is 2.57. The first-order chi connectivity index (χ1) is 9.36. The molecule has 0 spiro atoms. The Balaban J connectivity index is 1.86. The molecule has 0 radical (unpaired) electrons. The molecule has 0 fully saturated rings. The number of hydrogen-bond donors (Lipinski definition) is 1. The number of nitrogens with one attached hydrogen (secondary N) is 1. The second-order valence-electron chi connectivity index (χ2n) is 5.02. The lowest BCUT2D eigenvalue weighted by molar-refractivity contribution is 0.618. The molecule has 0 bridgehead atoms. The molecule has 1 aromatic carbocycles. The summed E-state index contributed by atoms with van der Waals surface area (Å²) >= 11 is 0. The lowest BCUT2D eigenvalue weighted by Gasteiger charge is -2.18. The topological polar surface area (TPSA) is 37.8 Å². The number of fused-ring (bicyclic) bond motifs is 1. The number of aromatic nitrogens is 2. The predicted molar refractivity (Wildman–Crippen MR) is 76.1 cm³/mol. The summed E-state index contributed by atoms with van der Waals surface area (Å²) < 4.78 is 0. The van der Waals surface area contributed by atoms with Crippen molar-refractivity contribution in [2.75, 3.05) is 6.54 Å². The quantitative estimate of drug-likeness (QED) is 0.912. The van der Waals surface area contributed by atoms with Crippen LogP contribution in [0.15, 0.2) is 30.6 Å². The molecule has 0 atom stereocenters. The number of aryl methyl sites for hydroxylation is 1. The van der Waals surface area contributed by atoms with Crippen molar-refractivity contribution in [1.29, 1.82) is 0 Å². The molecule has 3 rings (SSSR count). The van der Waals surface area contributed by atoms with Crippen LogP contribution in [0.5, 0.6) is 0 Å². The van der Waals surface area contributed by atoms with E-state index in [2.05, 4.69) is 46.5 Å². The van der Waals surface area contributed by atoms with E-state index in [1.54, 1.807) is 6.33 Å². The Morgan fingerprint density at radius 1 is 1.11 bits per heavy atom. The minimum absolute atomic E-state index is 0.899. The van der Waals surface area contributed by atoms with Crippen molar-refractivity contribution in [1.82, 2.24) is 15.3 Å². The molecule has 0 unspecified atom stereocenters. The molecule has 19 heavy (non-hydrogen) atoms. The van der Waals surface area contributed by atoms with Crippen LogP contribution in [0, 0.1) is 0 Å². The molecule has 98 valence electrons. The number of rotatable bonds is 3. The van der Waals surface area contributed by atoms with Crippen molar-refractivity contribution in [3.8, 4) is 0 Å². The van der Waals surface area contributed by atoms with Gasteiger partial charge in [0.2, 0.25) is 0 Å². The highest BCUT2D eigenvalue weighted by molar-refractivity contribution is 5.32. The standard InChI is InChI=1S/C16H19N3/c1-2-12-3-5-13(6-4-12)9-16-14-10-17-8-7-15(14)18-11-19-16/h3-6,11,17H,2,7-10H2,1H3. The second kappa shape index (κ2) is 5.49. The molecule has 2 heterocycles. The molecule has 0 saturated carbocycles. The first-order valence-corrected chi connectivity index (χ1v) is 6.97. The normalized spacial score (nSPS) is 14.2. The summed E-state index contributed by atoms with van der Waals surface area (Å²) in [6, 6.07) is 8.84. The molecule has 1 N–H and O–H groups in total. The third-order valence-corrected chi connectivity index (χ3v) is 3.77. The highest BCUT2D eigenvalue weighted by Gasteiger charge is 2.14. The highest BCUT2D eigenvalue weighted by Crippen LogP contribution is 2.17. The van der Waals surface area contributed by atoms with E-state index < -0.39 is 0 Å². The Kier molecular flexibility index (Phi) is 3.56. The first kappa shape index (κ1) is 12.3. The second-order valence-corrected chi connectivity index (χ2v) is 5.02. The summed E-state index contributed by atoms with van der Waals surface area (Å²) in [5, 5.41) is 3.41. The van der Waals surface area contributed by atoms with Gasteiger partial charge < -0.3 is 5.32 Å². The Morgan fingerprint density at radius 3 is 2.68 bits per heavy atom. The fraction of sp³-hybridized carbons (Fsp3) is 0.375. The van der Waals surface area contributed by atoms with Crippen molar-refractivity contribution in [3.63, 3.8) is 0 Å². The smallest absolute Gasteiger partial charge is 0.115 e. The SMILES string of the molecule is CCc1ccc(Cc2ncnc3c2CNCC3)cc1. The van der Waals surface area contributed by atoms with Gasteiger partial charge in [-0.25, -0.2) is 9.97 Å². The first-order valence-electron chi connectivity index (χ1n) is 6.97. The van der Waals surface area contributed by atoms with Gasteiger partial charge in [0, 0.05) is 37.2 Å². The van der Waals surface area contributed by atoms with Gasteiger partial charge in [0.15, 0.2) is 0 Å². The van der Waals surface area contributed by atoms with Gasteiger partial charge in [-0.15, -0.1) is 0 Å². The van der Waals surface area contributed by atoms with E-state index in [9.17, 15) is 0 Å². The van der Waals surface area contributed by atoms with Crippen LogP contribution in [0.2, 0.25) is 0 Å². The predicted octanol–water partition coefficient (Wildman–Crippen LogP) is 2.28. The van der Waals surface area contributed by atoms with Gasteiger partial charge in [0.05, 0.1) is 5.69 Å². The van der Waals surface area contributed by atoms with E-state index in [-0.39, 0.29) is 0 Å². The van der Waals surface area contributed by atoms with Crippen LogP contribution in [-0.4, -0.2) is 16.5 Å². The van der Waals surface area contributed by atoms with Gasteiger partial charge in [0.25, 0.3) is 0 Å². The van der Waals surface area contributed by atoms with Gasteiger partial charge in [0.1, 0.15) is 6.33 Å². The maximum atomic E-state index is 4.48. The van der Waals surface area contributed by atoms with Crippen molar-refractivity contribution >= 4 is 0 Å². The van der Waals surface area contributed by atoms with Crippen LogP contribution >= 0.6 is 0 Å². The molecule has 1 aromatic heterocycles. The van der Waals surface area contributed by atoms with Gasteiger partial charge >= 0.3 is 0 Å². The van der Waals surface area contributed by atoms with E-state index in [4.69, 9.17) is 0 Å². The molecule has 3 nitrogen and oxygen atoms in total. The van der Waals surface area contributed by atoms with Crippen LogP contribution in [0.25, 0.3) is 0 Å². The van der Waals surface area contributed by atoms with E-state index in [1.807, 2.05) is 0 Å². The van der Waals surface area contributed by atoms with E-state index in [0.29, 0.717) is 0 Å². The zero-order chi connectivity index (χ0) is 13.1. The third-order valence-electron chi connectivity index (χ3n) is 3.77. The van der Waals surface area contributed by atoms with E-state index in [1.165, 1.54) is 28.1 Å². The number of benzene rings is 1. The van der Waals surface area contributed by atoms with E-state index in [0.717, 1.165) is 32.4 Å². The summed E-state index contributed by atoms with van der Waals surface area (Å²) in [5.41, 5.74) is 6.39. The van der Waals surface area contributed by atoms with Crippen LogP contribution in [0.4, 0.5) is 0 Å². The van der Waals surface area contributed by atoms with Gasteiger partial charge in [-0.05, 0) is 17.5 Å². The highest BCUT2D eigenvalue weighted by atomic mass is 14.9. The largest absolute Gasteiger partial charge is 0.312 e. The van der Waals surface area contributed by atoms with Crippen molar-refractivity contribution < 1.29 is 0 Å². The van der Waals surface area contributed by atoms with Crippen LogP contribution < -0.4 is 5.32 Å². The average Bonchev–Trinajstić information content (AvgIpc) is 2.48. The summed E-state index contributed by atoms with van der Waals surface area (Å²) in [5.74, 6) is 0. The molecule has 1 aliphatic rings. The molecule has 1 aliphatic heterocycles. The molecule has 3 heteroatoms. The van der Waals surface area contributed by atoms with Gasteiger partial charge in [-0.3, -0.25) is 0 Å². The molecule has 0 aliphatic carbocycles. The van der Waals surface area contributed by atoms with Crippen molar-refractivity contribution in [2.24, 2.45) is 0 Å². The minimum atomic E-state index is 0.899. The minimum Gasteiger partial charge on any atom is -0.312 e. The third kappa shape index (κ3) is 2.66. The summed E-state index contributed by atoms with van der Waals surface area (Å²) in [6.45, 7) is 4.11. The Labute approximate surface area is 114 Å². The van der Waals surface area contributed by atoms with Crippen molar-refractivity contribution in [3.05, 3.63) is 58.7 Å². The molecular formula is C16H19N3. The maximum absolute atomic E-state index is 4.48. The van der Waals surface area contributed by atoms with Crippen LogP contribution in [0.3, 0.4) is 0 Å². The van der Waals surface area contributed by atoms with Gasteiger partial charge in [-0.2, -0.15) is 0 Å². The summed E-state index contributed by atoms with van der Waals surface area (Å²) in [7, 11) is 0. The number of hydrogen-bond acceptors (Lipinski definition) is 3. The van der Waals surface area contributed by atoms with E-state index >= 15 is 0 Å². The molecule has 0 saturated heterocycles. The van der Waals surface area contributed by atoms with Gasteiger partial charge in [-0.1, -0.05) is 31.2 Å². The maximum Gasteiger partial charge on any atom is 0.115 e. The summed E-state index contributed by atoms with van der Waals surface area (Å²) in [4.78, 5) is 8.88. The Bertz CT molecular complexity index is 561. The average molecular weight is 253 g/mol. The zero-order valence-electron chi connectivity index (χ0n) is 11.3. The molecular weight excluding hydrogens is 234 g/mol. The molecule has 0 amide bonds. The Hall–Kier alpha value is -1.74. The lowest BCUT2D eigenvalue weighted by atomic mass is 9.99. The number of nitrogens with zero attached hydrogens (tertiary/aromatic N) is 2. The van der Waals surface area contributed by atoms with Crippen LogP contribution in [0.1, 0.15) is 35.0 Å².